The molecule has 3 aromatic heterocycles. The molecule has 7 nitrogen and oxygen atoms in total. The van der Waals surface area contributed by atoms with Crippen LogP contribution >= 0.6 is 22.9 Å². The lowest BCUT2D eigenvalue weighted by Crippen LogP contribution is -2.25. The topological polar surface area (TPSA) is 85.8 Å². The number of nitrogens with zero attached hydrogens (tertiary/aromatic N) is 4. The molecule has 0 spiro atoms. The zero-order valence-corrected chi connectivity index (χ0v) is 20.2. The summed E-state index contributed by atoms with van der Waals surface area (Å²) in [6, 6.07) is 12.1. The van der Waals surface area contributed by atoms with Crippen LogP contribution in [0.2, 0.25) is 5.15 Å². The molecule has 9 heteroatoms. The Morgan fingerprint density at radius 3 is 2.73 bits per heavy atom. The Hall–Kier alpha value is -2.97. The molecule has 0 fully saturated rings. The molecule has 0 saturated carbocycles. The van der Waals surface area contributed by atoms with E-state index in [4.69, 9.17) is 16.1 Å². The number of amides is 1. The van der Waals surface area contributed by atoms with E-state index in [1.54, 1.807) is 22.9 Å². The van der Waals surface area contributed by atoms with E-state index >= 15 is 0 Å². The average Bonchev–Trinajstić information content (AvgIpc) is 3.53. The van der Waals surface area contributed by atoms with Crippen LogP contribution in [0, 0.1) is 13.8 Å². The predicted molar refractivity (Wildman–Crippen MR) is 130 cm³/mol. The minimum atomic E-state index is -0.190. The fourth-order valence-corrected chi connectivity index (χ4v) is 4.48. The third kappa shape index (κ3) is 5.89. The van der Waals surface area contributed by atoms with Gasteiger partial charge in [0, 0.05) is 13.0 Å². The van der Waals surface area contributed by atoms with Gasteiger partial charge in [0.2, 0.25) is 11.7 Å². The summed E-state index contributed by atoms with van der Waals surface area (Å²) >= 11 is 8.08. The van der Waals surface area contributed by atoms with Crippen molar-refractivity contribution >= 4 is 28.8 Å². The molecule has 4 aromatic rings. The van der Waals surface area contributed by atoms with Crippen LogP contribution in [-0.4, -0.2) is 32.4 Å². The van der Waals surface area contributed by atoms with Crippen LogP contribution in [0.1, 0.15) is 52.3 Å². The van der Waals surface area contributed by atoms with Crippen LogP contribution in [0.15, 0.2) is 46.3 Å². The van der Waals surface area contributed by atoms with Gasteiger partial charge in [-0.15, -0.1) is 11.3 Å². The third-order valence-electron chi connectivity index (χ3n) is 5.31. The number of aromatic nitrogens is 4. The lowest BCUT2D eigenvalue weighted by molar-refractivity contribution is 0.0952. The van der Waals surface area contributed by atoms with Gasteiger partial charge in [0.25, 0.3) is 5.91 Å². The van der Waals surface area contributed by atoms with E-state index in [9.17, 15) is 4.79 Å². The highest BCUT2D eigenvalue weighted by Crippen LogP contribution is 2.22. The molecule has 0 radical (unpaired) electrons. The van der Waals surface area contributed by atoms with Gasteiger partial charge in [-0.1, -0.05) is 59.1 Å². The molecule has 0 aliphatic rings. The Morgan fingerprint density at radius 2 is 1.97 bits per heavy atom. The summed E-state index contributed by atoms with van der Waals surface area (Å²) in [4.78, 5) is 18.1. The number of benzene rings is 1. The van der Waals surface area contributed by atoms with Crippen molar-refractivity contribution in [2.75, 3.05) is 6.54 Å². The Kier molecular flexibility index (Phi) is 7.57. The minimum Gasteiger partial charge on any atom is -0.352 e. The number of aryl methyl sites for hydroxylation is 3. The highest BCUT2D eigenvalue weighted by atomic mass is 35.5. The van der Waals surface area contributed by atoms with Crippen LogP contribution in [0.25, 0.3) is 10.7 Å². The second-order valence-electron chi connectivity index (χ2n) is 7.95. The van der Waals surface area contributed by atoms with E-state index < -0.39 is 0 Å². The van der Waals surface area contributed by atoms with Crippen LogP contribution in [0.5, 0.6) is 0 Å². The molecule has 33 heavy (non-hydrogen) atoms. The van der Waals surface area contributed by atoms with E-state index in [1.807, 2.05) is 48.7 Å². The van der Waals surface area contributed by atoms with E-state index in [0.29, 0.717) is 41.2 Å². The molecule has 0 saturated heterocycles. The van der Waals surface area contributed by atoms with Gasteiger partial charge < -0.3 is 9.84 Å². The summed E-state index contributed by atoms with van der Waals surface area (Å²) in [5.41, 5.74) is 3.35. The number of nitrogens with one attached hydrogen (secondary N) is 1. The summed E-state index contributed by atoms with van der Waals surface area (Å²) in [7, 11) is 0. The quantitative estimate of drug-likeness (QED) is 0.303. The maximum atomic E-state index is 12.7. The molecule has 0 atom stereocenters. The number of rotatable bonds is 10. The molecule has 1 amide bonds. The zero-order chi connectivity index (χ0) is 23.2. The lowest BCUT2D eigenvalue weighted by atomic mass is 10.1. The SMILES string of the molecule is Cc1ccc(Cn2nc(C)c(C(=O)NCCCCCc3nc(-c4cccs4)no3)c2Cl)cc1. The smallest absolute Gasteiger partial charge is 0.256 e. The van der Waals surface area contributed by atoms with E-state index in [1.165, 1.54) is 5.56 Å². The first-order chi connectivity index (χ1) is 16.0. The van der Waals surface area contributed by atoms with Crippen molar-refractivity contribution in [1.29, 1.82) is 0 Å². The first kappa shape index (κ1) is 23.2. The molecule has 3 heterocycles. The van der Waals surface area contributed by atoms with Crippen LogP contribution in [0.3, 0.4) is 0 Å². The zero-order valence-electron chi connectivity index (χ0n) is 18.7. The largest absolute Gasteiger partial charge is 0.352 e. The fraction of sp³-hybridized carbons (Fsp3) is 0.333. The number of carbonyl (C=O) groups excluding carboxylic acids is 1. The molecular weight excluding hydrogens is 458 g/mol. The Labute approximate surface area is 201 Å². The Balaban J connectivity index is 1.21. The van der Waals surface area contributed by atoms with Crippen molar-refractivity contribution in [3.05, 3.63) is 75.2 Å². The molecular formula is C24H26ClN5O2S. The fourth-order valence-electron chi connectivity index (χ4n) is 3.51. The highest BCUT2D eigenvalue weighted by Gasteiger charge is 2.20. The normalized spacial score (nSPS) is 11.1. The number of thiophene rings is 1. The van der Waals surface area contributed by atoms with Gasteiger partial charge in [-0.3, -0.25) is 4.79 Å². The minimum absolute atomic E-state index is 0.190. The number of hydrogen-bond acceptors (Lipinski definition) is 6. The predicted octanol–water partition coefficient (Wildman–Crippen LogP) is 5.46. The van der Waals surface area contributed by atoms with E-state index in [2.05, 4.69) is 20.6 Å². The maximum Gasteiger partial charge on any atom is 0.256 e. The molecule has 172 valence electrons. The van der Waals surface area contributed by atoms with Crippen LogP contribution in [0.4, 0.5) is 0 Å². The van der Waals surface area contributed by atoms with Gasteiger partial charge in [0.1, 0.15) is 5.15 Å². The Bertz CT molecular complexity index is 1200. The van der Waals surface area contributed by atoms with Crippen LogP contribution < -0.4 is 5.32 Å². The number of carbonyl (C=O) groups is 1. The van der Waals surface area contributed by atoms with Crippen molar-refractivity contribution in [2.45, 2.75) is 46.1 Å². The summed E-state index contributed by atoms with van der Waals surface area (Å²) in [6.45, 7) is 4.95. The monoisotopic (exact) mass is 483 g/mol. The summed E-state index contributed by atoms with van der Waals surface area (Å²) in [6.07, 6.45) is 3.43. The second-order valence-corrected chi connectivity index (χ2v) is 9.26. The standard InChI is InChI=1S/C24H26ClN5O2S/c1-16-9-11-18(12-10-16)15-30-22(25)21(17(2)28-30)24(31)26-13-5-3-4-8-20-27-23(29-32-20)19-7-6-14-33-19/h6-7,9-12,14H,3-5,8,13,15H2,1-2H3,(H,26,31). The van der Waals surface area contributed by atoms with Crippen molar-refractivity contribution in [2.24, 2.45) is 0 Å². The van der Waals surface area contributed by atoms with Crippen molar-refractivity contribution in [1.82, 2.24) is 25.2 Å². The van der Waals surface area contributed by atoms with Crippen molar-refractivity contribution in [3.63, 3.8) is 0 Å². The first-order valence-corrected chi connectivity index (χ1v) is 12.2. The summed E-state index contributed by atoms with van der Waals surface area (Å²) < 4.78 is 6.99. The molecule has 0 bridgehead atoms. The number of unbranched alkanes of at least 4 members (excludes halogenated alkanes) is 2. The van der Waals surface area contributed by atoms with Crippen molar-refractivity contribution < 1.29 is 9.32 Å². The van der Waals surface area contributed by atoms with Gasteiger partial charge >= 0.3 is 0 Å². The first-order valence-electron chi connectivity index (χ1n) is 10.9. The second kappa shape index (κ2) is 10.8. The maximum absolute atomic E-state index is 12.7. The lowest BCUT2D eigenvalue weighted by Gasteiger charge is -2.06. The van der Waals surface area contributed by atoms with Gasteiger partial charge in [-0.2, -0.15) is 10.1 Å². The Morgan fingerprint density at radius 1 is 1.15 bits per heavy atom. The average molecular weight is 484 g/mol. The molecule has 0 unspecified atom stereocenters. The van der Waals surface area contributed by atoms with Gasteiger partial charge in [-0.05, 0) is 43.7 Å². The summed E-state index contributed by atoms with van der Waals surface area (Å²) in [5.74, 6) is 1.10. The van der Waals surface area contributed by atoms with E-state index in [0.717, 1.165) is 36.1 Å². The van der Waals surface area contributed by atoms with E-state index in [-0.39, 0.29) is 5.91 Å². The molecule has 0 aliphatic heterocycles. The van der Waals surface area contributed by atoms with Gasteiger partial charge in [0.15, 0.2) is 0 Å². The molecule has 1 aromatic carbocycles. The molecule has 0 aliphatic carbocycles. The number of halogens is 1. The number of hydrogen-bond donors (Lipinski definition) is 1. The molecule has 4 rings (SSSR count). The van der Waals surface area contributed by atoms with Crippen molar-refractivity contribution in [3.8, 4) is 10.7 Å². The third-order valence-corrected chi connectivity index (χ3v) is 6.56. The van der Waals surface area contributed by atoms with Crippen LogP contribution in [-0.2, 0) is 13.0 Å². The van der Waals surface area contributed by atoms with Gasteiger partial charge in [-0.25, -0.2) is 4.68 Å². The molecule has 1 N–H and O–H groups in total. The highest BCUT2D eigenvalue weighted by molar-refractivity contribution is 7.13. The summed E-state index contributed by atoms with van der Waals surface area (Å²) in [5, 5.41) is 13.8. The van der Waals surface area contributed by atoms with Gasteiger partial charge in [0.05, 0.1) is 22.7 Å².